The molecule has 1 aromatic rings. The zero-order valence-corrected chi connectivity index (χ0v) is 10.0. The molecule has 2 saturated heterocycles. The van der Waals surface area contributed by atoms with E-state index in [1.807, 2.05) is 0 Å². The number of benzene rings is 1. The summed E-state index contributed by atoms with van der Waals surface area (Å²) in [6, 6.07) is 10.7. The minimum absolute atomic E-state index is 0.131. The maximum absolute atomic E-state index is 9.65. The predicted octanol–water partition coefficient (Wildman–Crippen LogP) is 1.16. The standard InChI is InChI=1S/C14H20N2O/c17-12-7-9-16(10-12)14-13(6-8-15-14)11-4-2-1-3-5-11/h1-5,12-15,17H,6-10H2/t12-,13-,14?/m1/s1. The largest absolute Gasteiger partial charge is 0.392 e. The van der Waals surface area contributed by atoms with Gasteiger partial charge in [0.05, 0.1) is 12.3 Å². The van der Waals surface area contributed by atoms with Gasteiger partial charge in [-0.25, -0.2) is 0 Å². The van der Waals surface area contributed by atoms with E-state index < -0.39 is 0 Å². The summed E-state index contributed by atoms with van der Waals surface area (Å²) < 4.78 is 0. The molecule has 1 unspecified atom stereocenters. The summed E-state index contributed by atoms with van der Waals surface area (Å²) in [7, 11) is 0. The van der Waals surface area contributed by atoms with Crippen LogP contribution in [0.3, 0.4) is 0 Å². The zero-order chi connectivity index (χ0) is 11.7. The Kier molecular flexibility index (Phi) is 3.14. The van der Waals surface area contributed by atoms with Crippen molar-refractivity contribution in [3.05, 3.63) is 35.9 Å². The first-order valence-corrected chi connectivity index (χ1v) is 6.55. The van der Waals surface area contributed by atoms with Gasteiger partial charge in [-0.15, -0.1) is 0 Å². The molecule has 2 heterocycles. The van der Waals surface area contributed by atoms with Crippen molar-refractivity contribution in [2.45, 2.75) is 31.0 Å². The first-order valence-electron chi connectivity index (χ1n) is 6.55. The lowest BCUT2D eigenvalue weighted by molar-refractivity contribution is 0.147. The molecule has 3 atom stereocenters. The van der Waals surface area contributed by atoms with Crippen molar-refractivity contribution in [2.24, 2.45) is 0 Å². The van der Waals surface area contributed by atoms with Crippen molar-refractivity contribution in [3.8, 4) is 0 Å². The summed E-state index contributed by atoms with van der Waals surface area (Å²) in [5, 5.41) is 13.2. The molecule has 0 aromatic heterocycles. The van der Waals surface area contributed by atoms with Crippen molar-refractivity contribution in [3.63, 3.8) is 0 Å². The van der Waals surface area contributed by atoms with Crippen LogP contribution < -0.4 is 5.32 Å². The summed E-state index contributed by atoms with van der Waals surface area (Å²) in [4.78, 5) is 2.40. The first kappa shape index (κ1) is 11.2. The van der Waals surface area contributed by atoms with Crippen LogP contribution in [0, 0.1) is 0 Å². The lowest BCUT2D eigenvalue weighted by Gasteiger charge is -2.29. The second-order valence-electron chi connectivity index (χ2n) is 5.14. The van der Waals surface area contributed by atoms with Gasteiger partial charge >= 0.3 is 0 Å². The van der Waals surface area contributed by atoms with Gasteiger partial charge in [0.25, 0.3) is 0 Å². The Morgan fingerprint density at radius 3 is 2.71 bits per heavy atom. The highest BCUT2D eigenvalue weighted by atomic mass is 16.3. The highest BCUT2D eigenvalue weighted by Gasteiger charge is 2.35. The van der Waals surface area contributed by atoms with Crippen LogP contribution in [0.4, 0.5) is 0 Å². The summed E-state index contributed by atoms with van der Waals surface area (Å²) in [6.07, 6.45) is 2.39. The van der Waals surface area contributed by atoms with Crippen LogP contribution in [-0.4, -0.2) is 41.9 Å². The number of hydrogen-bond acceptors (Lipinski definition) is 3. The quantitative estimate of drug-likeness (QED) is 0.803. The number of β-amino-alcohol motifs (C(OH)–C–C–N with tert-alkyl or cyclic N) is 1. The van der Waals surface area contributed by atoms with E-state index in [0.717, 1.165) is 26.1 Å². The molecule has 0 saturated carbocycles. The molecule has 2 fully saturated rings. The highest BCUT2D eigenvalue weighted by Crippen LogP contribution is 2.31. The van der Waals surface area contributed by atoms with E-state index in [9.17, 15) is 5.11 Å². The Labute approximate surface area is 102 Å². The maximum atomic E-state index is 9.65. The van der Waals surface area contributed by atoms with Gasteiger partial charge in [-0.05, 0) is 24.9 Å². The molecule has 1 aromatic carbocycles. The third-order valence-electron chi connectivity index (χ3n) is 4.01. The van der Waals surface area contributed by atoms with E-state index in [4.69, 9.17) is 0 Å². The summed E-state index contributed by atoms with van der Waals surface area (Å²) in [6.45, 7) is 2.92. The molecule has 2 aliphatic heterocycles. The normalized spacial score (nSPS) is 34.3. The van der Waals surface area contributed by atoms with E-state index in [-0.39, 0.29) is 6.10 Å². The number of hydrogen-bond donors (Lipinski definition) is 2. The van der Waals surface area contributed by atoms with Gasteiger partial charge in [0.1, 0.15) is 0 Å². The van der Waals surface area contributed by atoms with Crippen LogP contribution in [-0.2, 0) is 0 Å². The van der Waals surface area contributed by atoms with Crippen molar-refractivity contribution in [1.29, 1.82) is 0 Å². The predicted molar refractivity (Wildman–Crippen MR) is 67.8 cm³/mol. The molecular formula is C14H20N2O. The highest BCUT2D eigenvalue weighted by molar-refractivity contribution is 5.22. The van der Waals surface area contributed by atoms with E-state index in [2.05, 4.69) is 40.5 Å². The molecule has 3 nitrogen and oxygen atoms in total. The Morgan fingerprint density at radius 1 is 1.18 bits per heavy atom. The summed E-state index contributed by atoms with van der Waals surface area (Å²) >= 11 is 0. The third kappa shape index (κ3) is 2.23. The molecule has 0 radical (unpaired) electrons. The van der Waals surface area contributed by atoms with E-state index >= 15 is 0 Å². The first-order chi connectivity index (χ1) is 8.34. The average Bonchev–Trinajstić information content (AvgIpc) is 2.98. The topological polar surface area (TPSA) is 35.5 Å². The van der Waals surface area contributed by atoms with Crippen LogP contribution in [0.5, 0.6) is 0 Å². The Morgan fingerprint density at radius 2 is 2.00 bits per heavy atom. The van der Waals surface area contributed by atoms with Crippen molar-refractivity contribution in [2.75, 3.05) is 19.6 Å². The second-order valence-corrected chi connectivity index (χ2v) is 5.14. The number of aliphatic hydroxyl groups excluding tert-OH is 1. The van der Waals surface area contributed by atoms with Crippen molar-refractivity contribution in [1.82, 2.24) is 10.2 Å². The molecule has 3 rings (SSSR count). The van der Waals surface area contributed by atoms with Gasteiger partial charge in [-0.2, -0.15) is 0 Å². The fourth-order valence-electron chi connectivity index (χ4n) is 3.14. The monoisotopic (exact) mass is 232 g/mol. The number of rotatable bonds is 2. The minimum atomic E-state index is -0.131. The molecule has 0 amide bonds. The number of nitrogens with zero attached hydrogens (tertiary/aromatic N) is 1. The lowest BCUT2D eigenvalue weighted by atomic mass is 9.95. The Balaban J connectivity index is 1.76. The van der Waals surface area contributed by atoms with Crippen molar-refractivity contribution >= 4 is 0 Å². The van der Waals surface area contributed by atoms with Crippen LogP contribution in [0.15, 0.2) is 30.3 Å². The van der Waals surface area contributed by atoms with Crippen LogP contribution in [0.1, 0.15) is 24.3 Å². The molecule has 92 valence electrons. The maximum Gasteiger partial charge on any atom is 0.0679 e. The number of nitrogens with one attached hydrogen (secondary N) is 1. The molecule has 0 spiro atoms. The molecular weight excluding hydrogens is 212 g/mol. The molecule has 17 heavy (non-hydrogen) atoms. The fraction of sp³-hybridized carbons (Fsp3) is 0.571. The molecule has 0 bridgehead atoms. The Bertz CT molecular complexity index is 368. The number of aliphatic hydroxyl groups is 1. The van der Waals surface area contributed by atoms with Crippen LogP contribution in [0.25, 0.3) is 0 Å². The van der Waals surface area contributed by atoms with Gasteiger partial charge in [0.2, 0.25) is 0 Å². The van der Waals surface area contributed by atoms with E-state index in [1.54, 1.807) is 0 Å². The van der Waals surface area contributed by atoms with Gasteiger partial charge in [-0.1, -0.05) is 30.3 Å². The fourth-order valence-corrected chi connectivity index (χ4v) is 3.14. The average molecular weight is 232 g/mol. The van der Waals surface area contributed by atoms with Gasteiger partial charge < -0.3 is 10.4 Å². The minimum Gasteiger partial charge on any atom is -0.392 e. The number of likely N-dealkylation sites (tertiary alicyclic amines) is 1. The van der Waals surface area contributed by atoms with Gasteiger partial charge in [0.15, 0.2) is 0 Å². The SMILES string of the molecule is O[C@@H]1CCN(C2NCC[C@@H]2c2ccccc2)C1. The molecule has 2 aliphatic rings. The molecule has 0 aliphatic carbocycles. The third-order valence-corrected chi connectivity index (χ3v) is 4.01. The van der Waals surface area contributed by atoms with Crippen molar-refractivity contribution < 1.29 is 5.11 Å². The smallest absolute Gasteiger partial charge is 0.0679 e. The van der Waals surface area contributed by atoms with E-state index in [1.165, 1.54) is 12.0 Å². The summed E-state index contributed by atoms with van der Waals surface area (Å²) in [5.41, 5.74) is 1.42. The molecule has 2 N–H and O–H groups in total. The van der Waals surface area contributed by atoms with Gasteiger partial charge in [0, 0.05) is 19.0 Å². The van der Waals surface area contributed by atoms with Crippen LogP contribution >= 0.6 is 0 Å². The zero-order valence-electron chi connectivity index (χ0n) is 10.0. The van der Waals surface area contributed by atoms with Crippen LogP contribution in [0.2, 0.25) is 0 Å². The summed E-state index contributed by atoms with van der Waals surface area (Å²) in [5.74, 6) is 0.571. The Hall–Kier alpha value is -0.900. The van der Waals surface area contributed by atoms with Gasteiger partial charge in [-0.3, -0.25) is 4.90 Å². The lowest BCUT2D eigenvalue weighted by Crippen LogP contribution is -2.43. The second kappa shape index (κ2) is 4.77. The molecule has 3 heteroatoms. The van der Waals surface area contributed by atoms with E-state index in [0.29, 0.717) is 12.1 Å².